The maximum Gasteiger partial charge on any atom is 0.0580 e. The van der Waals surface area contributed by atoms with Crippen LogP contribution < -0.4 is 0 Å². The summed E-state index contributed by atoms with van der Waals surface area (Å²) in [7, 11) is 0. The Morgan fingerprint density at radius 2 is 1.88 bits per heavy atom. The molecule has 16 heavy (non-hydrogen) atoms. The van der Waals surface area contributed by atoms with Gasteiger partial charge in [-0.1, -0.05) is 19.8 Å². The van der Waals surface area contributed by atoms with Gasteiger partial charge in [0.25, 0.3) is 0 Å². The van der Waals surface area contributed by atoms with Gasteiger partial charge in [0, 0.05) is 6.54 Å². The van der Waals surface area contributed by atoms with E-state index < -0.39 is 0 Å². The summed E-state index contributed by atoms with van der Waals surface area (Å²) in [4.78, 5) is 2.58. The molecule has 1 aliphatic heterocycles. The van der Waals surface area contributed by atoms with Crippen molar-refractivity contribution in [1.29, 1.82) is 0 Å². The maximum absolute atomic E-state index is 10.1. The molecule has 3 atom stereocenters. The van der Waals surface area contributed by atoms with Gasteiger partial charge >= 0.3 is 0 Å². The molecule has 2 heteroatoms. The first-order valence-corrected chi connectivity index (χ1v) is 7.20. The summed E-state index contributed by atoms with van der Waals surface area (Å²) in [6.45, 7) is 5.97. The van der Waals surface area contributed by atoms with Crippen molar-refractivity contribution in [1.82, 2.24) is 4.90 Å². The fourth-order valence-electron chi connectivity index (χ4n) is 3.39. The number of likely N-dealkylation sites (tertiary alicyclic amines) is 1. The van der Waals surface area contributed by atoms with Gasteiger partial charge in [0.15, 0.2) is 0 Å². The smallest absolute Gasteiger partial charge is 0.0580 e. The average molecular weight is 225 g/mol. The van der Waals surface area contributed by atoms with Crippen LogP contribution >= 0.6 is 0 Å². The van der Waals surface area contributed by atoms with E-state index in [2.05, 4.69) is 11.8 Å². The zero-order valence-electron chi connectivity index (χ0n) is 10.7. The van der Waals surface area contributed by atoms with Crippen molar-refractivity contribution >= 4 is 0 Å². The minimum Gasteiger partial charge on any atom is -0.393 e. The van der Waals surface area contributed by atoms with Crippen LogP contribution in [0.25, 0.3) is 0 Å². The number of piperidine rings is 1. The molecule has 3 unspecified atom stereocenters. The maximum atomic E-state index is 10.1. The summed E-state index contributed by atoms with van der Waals surface area (Å²) in [5.74, 6) is 1.43. The predicted octanol–water partition coefficient (Wildman–Crippen LogP) is 2.66. The predicted molar refractivity (Wildman–Crippen MR) is 67.4 cm³/mol. The van der Waals surface area contributed by atoms with E-state index in [1.807, 2.05) is 0 Å². The third-order valence-corrected chi connectivity index (χ3v) is 4.57. The lowest BCUT2D eigenvalue weighted by Crippen LogP contribution is -2.41. The first kappa shape index (κ1) is 12.4. The standard InChI is InChI=1S/C14H27NO/c1-2-12-6-7-14(16)13(10-12)11-15-8-4-3-5-9-15/h12-14,16H,2-11H2,1H3. The van der Waals surface area contributed by atoms with Crippen LogP contribution in [-0.4, -0.2) is 35.7 Å². The van der Waals surface area contributed by atoms with Crippen molar-refractivity contribution in [3.63, 3.8) is 0 Å². The fourth-order valence-corrected chi connectivity index (χ4v) is 3.39. The first-order valence-electron chi connectivity index (χ1n) is 7.20. The highest BCUT2D eigenvalue weighted by Crippen LogP contribution is 2.32. The molecule has 0 radical (unpaired) electrons. The molecule has 0 spiro atoms. The van der Waals surface area contributed by atoms with E-state index in [-0.39, 0.29) is 6.10 Å². The lowest BCUT2D eigenvalue weighted by Gasteiger charge is -2.37. The van der Waals surface area contributed by atoms with E-state index in [4.69, 9.17) is 0 Å². The third-order valence-electron chi connectivity index (χ3n) is 4.57. The Balaban J connectivity index is 1.81. The van der Waals surface area contributed by atoms with Crippen LogP contribution in [0.15, 0.2) is 0 Å². The Morgan fingerprint density at radius 3 is 2.56 bits per heavy atom. The Morgan fingerprint density at radius 1 is 1.12 bits per heavy atom. The van der Waals surface area contributed by atoms with Crippen molar-refractivity contribution in [2.45, 2.75) is 58.0 Å². The van der Waals surface area contributed by atoms with E-state index in [9.17, 15) is 5.11 Å². The molecule has 1 aliphatic carbocycles. The summed E-state index contributed by atoms with van der Waals surface area (Å²) >= 11 is 0. The molecule has 2 aliphatic rings. The molecule has 94 valence electrons. The molecular formula is C14H27NO. The molecule has 2 rings (SSSR count). The van der Waals surface area contributed by atoms with Crippen LogP contribution in [0, 0.1) is 11.8 Å². The van der Waals surface area contributed by atoms with Crippen LogP contribution in [0.1, 0.15) is 51.9 Å². The number of aliphatic hydroxyl groups is 1. The highest BCUT2D eigenvalue weighted by molar-refractivity contribution is 4.82. The number of hydrogen-bond donors (Lipinski definition) is 1. The molecule has 1 saturated carbocycles. The van der Waals surface area contributed by atoms with Crippen molar-refractivity contribution in [3.8, 4) is 0 Å². The van der Waals surface area contributed by atoms with Gasteiger partial charge in [0.2, 0.25) is 0 Å². The fraction of sp³-hybridized carbons (Fsp3) is 1.00. The number of aliphatic hydroxyl groups excluding tert-OH is 1. The van der Waals surface area contributed by atoms with Crippen molar-refractivity contribution in [3.05, 3.63) is 0 Å². The third kappa shape index (κ3) is 3.21. The summed E-state index contributed by atoms with van der Waals surface area (Å²) < 4.78 is 0. The monoisotopic (exact) mass is 225 g/mol. The van der Waals surface area contributed by atoms with Gasteiger partial charge in [-0.3, -0.25) is 0 Å². The topological polar surface area (TPSA) is 23.5 Å². The molecule has 0 aromatic heterocycles. The number of nitrogens with zero attached hydrogens (tertiary/aromatic N) is 1. The molecule has 0 aromatic rings. The zero-order valence-corrected chi connectivity index (χ0v) is 10.7. The Hall–Kier alpha value is -0.0800. The second-order valence-electron chi connectivity index (χ2n) is 5.78. The SMILES string of the molecule is CCC1CCC(O)C(CN2CCCCC2)C1. The van der Waals surface area contributed by atoms with Crippen LogP contribution in [0.2, 0.25) is 0 Å². The summed E-state index contributed by atoms with van der Waals surface area (Å²) in [6, 6.07) is 0. The van der Waals surface area contributed by atoms with Gasteiger partial charge < -0.3 is 10.0 Å². The van der Waals surface area contributed by atoms with Gasteiger partial charge in [0.1, 0.15) is 0 Å². The first-order chi connectivity index (χ1) is 7.79. The van der Waals surface area contributed by atoms with E-state index in [0.29, 0.717) is 5.92 Å². The lowest BCUT2D eigenvalue weighted by molar-refractivity contribution is 0.0234. The molecule has 1 heterocycles. The van der Waals surface area contributed by atoms with E-state index in [1.54, 1.807) is 0 Å². The normalized spacial score (nSPS) is 37.5. The highest BCUT2D eigenvalue weighted by Gasteiger charge is 2.29. The van der Waals surface area contributed by atoms with E-state index >= 15 is 0 Å². The summed E-state index contributed by atoms with van der Waals surface area (Å²) in [5, 5.41) is 10.1. The minimum absolute atomic E-state index is 0.0234. The van der Waals surface area contributed by atoms with Gasteiger partial charge in [-0.15, -0.1) is 0 Å². The van der Waals surface area contributed by atoms with Crippen molar-refractivity contribution in [2.24, 2.45) is 11.8 Å². The van der Waals surface area contributed by atoms with Gasteiger partial charge in [-0.2, -0.15) is 0 Å². The van der Waals surface area contributed by atoms with Crippen LogP contribution in [0.4, 0.5) is 0 Å². The molecule has 1 N–H and O–H groups in total. The average Bonchev–Trinajstić information content (AvgIpc) is 2.33. The Bertz CT molecular complexity index is 201. The molecule has 0 aromatic carbocycles. The molecular weight excluding hydrogens is 198 g/mol. The van der Waals surface area contributed by atoms with Gasteiger partial charge in [-0.25, -0.2) is 0 Å². The van der Waals surface area contributed by atoms with E-state index in [1.165, 1.54) is 51.6 Å². The highest BCUT2D eigenvalue weighted by atomic mass is 16.3. The van der Waals surface area contributed by atoms with Crippen LogP contribution in [-0.2, 0) is 0 Å². The van der Waals surface area contributed by atoms with Crippen LogP contribution in [0.5, 0.6) is 0 Å². The Labute approximate surface area is 100 Å². The molecule has 2 fully saturated rings. The van der Waals surface area contributed by atoms with Crippen molar-refractivity contribution < 1.29 is 5.11 Å². The molecule has 2 nitrogen and oxygen atoms in total. The summed E-state index contributed by atoms with van der Waals surface area (Å²) in [6.07, 6.45) is 8.94. The molecule has 0 amide bonds. The van der Waals surface area contributed by atoms with Crippen LogP contribution in [0.3, 0.4) is 0 Å². The summed E-state index contributed by atoms with van der Waals surface area (Å²) in [5.41, 5.74) is 0. The van der Waals surface area contributed by atoms with Gasteiger partial charge in [-0.05, 0) is 57.0 Å². The van der Waals surface area contributed by atoms with E-state index in [0.717, 1.165) is 18.9 Å². The Kier molecular flexibility index (Phi) is 4.66. The van der Waals surface area contributed by atoms with Gasteiger partial charge in [0.05, 0.1) is 6.10 Å². The lowest BCUT2D eigenvalue weighted by atomic mass is 9.78. The minimum atomic E-state index is -0.0234. The van der Waals surface area contributed by atoms with Crippen molar-refractivity contribution in [2.75, 3.05) is 19.6 Å². The second-order valence-corrected chi connectivity index (χ2v) is 5.78. The molecule has 0 bridgehead atoms. The largest absolute Gasteiger partial charge is 0.393 e. The number of hydrogen-bond acceptors (Lipinski definition) is 2. The zero-order chi connectivity index (χ0) is 11.4. The quantitative estimate of drug-likeness (QED) is 0.798. The number of rotatable bonds is 3. The molecule has 1 saturated heterocycles. The second kappa shape index (κ2) is 6.02.